The van der Waals surface area contributed by atoms with Gasteiger partial charge in [0.05, 0.1) is 11.9 Å². The third kappa shape index (κ3) is 7.60. The molecule has 8 heteroatoms. The maximum Gasteiger partial charge on any atom is 0.244 e. The molecule has 7 nitrogen and oxygen atoms in total. The number of hydrogen-bond donors (Lipinski definition) is 1. The molecular weight excluding hydrogens is 438 g/mol. The molecule has 33 heavy (non-hydrogen) atoms. The van der Waals surface area contributed by atoms with Crippen LogP contribution in [0.15, 0.2) is 48.5 Å². The first kappa shape index (κ1) is 26.4. The highest BCUT2D eigenvalue weighted by molar-refractivity contribution is 7.92. The van der Waals surface area contributed by atoms with E-state index in [0.717, 1.165) is 27.3 Å². The number of rotatable bonds is 10. The molecular formula is C25H35N3O4S. The number of anilines is 1. The summed E-state index contributed by atoms with van der Waals surface area (Å²) in [5, 5.41) is 2.87. The summed E-state index contributed by atoms with van der Waals surface area (Å²) in [4.78, 5) is 27.8. The molecule has 180 valence electrons. The Morgan fingerprint density at radius 3 is 2.24 bits per heavy atom. The standard InChI is InChI=1S/C25H35N3O4S/c1-18(2)15-26-25(30)21(5)27(16-22-12-9-10-19(3)14-22)24(29)17-28(33(6,31)32)23-13-8-7-11-20(23)4/h7-14,18,21H,15-17H2,1-6H3,(H,26,30)/t21-/m1/s1. The molecule has 0 aliphatic carbocycles. The van der Waals surface area contributed by atoms with Crippen LogP contribution in [0.4, 0.5) is 5.69 Å². The fourth-order valence-corrected chi connectivity index (χ4v) is 4.39. The van der Waals surface area contributed by atoms with Crippen molar-refractivity contribution in [3.05, 3.63) is 65.2 Å². The molecule has 0 saturated carbocycles. The van der Waals surface area contributed by atoms with Crippen molar-refractivity contribution in [2.45, 2.75) is 47.2 Å². The third-order valence-corrected chi connectivity index (χ3v) is 6.48. The molecule has 2 aromatic rings. The summed E-state index contributed by atoms with van der Waals surface area (Å²) in [5.74, 6) is -0.451. The minimum atomic E-state index is -3.73. The predicted molar refractivity (Wildman–Crippen MR) is 132 cm³/mol. The van der Waals surface area contributed by atoms with Gasteiger partial charge in [-0.3, -0.25) is 13.9 Å². The lowest BCUT2D eigenvalue weighted by atomic mass is 10.1. The Labute approximate surface area is 197 Å². The van der Waals surface area contributed by atoms with Gasteiger partial charge >= 0.3 is 0 Å². The van der Waals surface area contributed by atoms with Crippen LogP contribution in [0.3, 0.4) is 0 Å². The molecule has 0 heterocycles. The van der Waals surface area contributed by atoms with E-state index in [9.17, 15) is 18.0 Å². The average Bonchev–Trinajstić information content (AvgIpc) is 2.73. The van der Waals surface area contributed by atoms with Crippen molar-refractivity contribution < 1.29 is 18.0 Å². The minimum Gasteiger partial charge on any atom is -0.354 e. The largest absolute Gasteiger partial charge is 0.354 e. The van der Waals surface area contributed by atoms with Gasteiger partial charge in [-0.2, -0.15) is 0 Å². The highest BCUT2D eigenvalue weighted by Crippen LogP contribution is 2.23. The number of benzene rings is 2. The Bertz CT molecular complexity index is 1080. The van der Waals surface area contributed by atoms with E-state index in [2.05, 4.69) is 5.32 Å². The van der Waals surface area contributed by atoms with Crippen molar-refractivity contribution in [1.82, 2.24) is 10.2 Å². The second-order valence-corrected chi connectivity index (χ2v) is 10.8. The molecule has 0 radical (unpaired) electrons. The lowest BCUT2D eigenvalue weighted by molar-refractivity contribution is -0.139. The highest BCUT2D eigenvalue weighted by atomic mass is 32.2. The first-order valence-corrected chi connectivity index (χ1v) is 12.9. The van der Waals surface area contributed by atoms with Crippen LogP contribution < -0.4 is 9.62 Å². The van der Waals surface area contributed by atoms with Crippen molar-refractivity contribution in [3.63, 3.8) is 0 Å². The molecule has 0 fully saturated rings. The Balaban J connectivity index is 2.38. The normalized spacial score (nSPS) is 12.3. The van der Waals surface area contributed by atoms with Gasteiger partial charge in [0.1, 0.15) is 12.6 Å². The SMILES string of the molecule is Cc1cccc(CN(C(=O)CN(c2ccccc2C)S(C)(=O)=O)[C@H](C)C(=O)NCC(C)C)c1. The second-order valence-electron chi connectivity index (χ2n) is 8.88. The number of nitrogens with one attached hydrogen (secondary N) is 1. The predicted octanol–water partition coefficient (Wildman–Crippen LogP) is 3.26. The summed E-state index contributed by atoms with van der Waals surface area (Å²) in [6.07, 6.45) is 1.08. The Morgan fingerprint density at radius 2 is 1.67 bits per heavy atom. The van der Waals surface area contributed by atoms with Crippen molar-refractivity contribution >= 4 is 27.5 Å². The van der Waals surface area contributed by atoms with Gasteiger partial charge < -0.3 is 10.2 Å². The van der Waals surface area contributed by atoms with Crippen LogP contribution >= 0.6 is 0 Å². The zero-order valence-corrected chi connectivity index (χ0v) is 21.1. The van der Waals surface area contributed by atoms with Gasteiger partial charge in [0.2, 0.25) is 21.8 Å². The van der Waals surface area contributed by atoms with E-state index in [1.54, 1.807) is 32.0 Å². The average molecular weight is 474 g/mol. The van der Waals surface area contributed by atoms with Crippen LogP contribution in [0, 0.1) is 19.8 Å². The van der Waals surface area contributed by atoms with Gasteiger partial charge in [0.25, 0.3) is 0 Å². The van der Waals surface area contributed by atoms with Crippen LogP contribution in [0.25, 0.3) is 0 Å². The van der Waals surface area contributed by atoms with E-state index in [4.69, 9.17) is 0 Å². The second kappa shape index (κ2) is 11.3. The van der Waals surface area contributed by atoms with E-state index in [1.165, 1.54) is 4.90 Å². The van der Waals surface area contributed by atoms with Crippen molar-refractivity contribution in [3.8, 4) is 0 Å². The molecule has 0 bridgehead atoms. The molecule has 0 aliphatic heterocycles. The molecule has 2 rings (SSSR count). The summed E-state index contributed by atoms with van der Waals surface area (Å²) in [7, 11) is -3.73. The van der Waals surface area contributed by atoms with E-state index in [1.807, 2.05) is 51.1 Å². The summed E-state index contributed by atoms with van der Waals surface area (Å²) < 4.78 is 26.3. The first-order chi connectivity index (χ1) is 15.4. The maximum atomic E-state index is 13.5. The summed E-state index contributed by atoms with van der Waals surface area (Å²) in [5.41, 5.74) is 3.09. The molecule has 1 atom stereocenters. The lowest BCUT2D eigenvalue weighted by Gasteiger charge is -2.32. The molecule has 0 aromatic heterocycles. The molecule has 0 unspecified atom stereocenters. The lowest BCUT2D eigenvalue weighted by Crippen LogP contribution is -2.51. The van der Waals surface area contributed by atoms with Crippen molar-refractivity contribution in [1.29, 1.82) is 0 Å². The van der Waals surface area contributed by atoms with Gasteiger partial charge in [-0.25, -0.2) is 8.42 Å². The van der Waals surface area contributed by atoms with Crippen LogP contribution in [-0.4, -0.2) is 50.5 Å². The topological polar surface area (TPSA) is 86.8 Å². The number of sulfonamides is 1. The number of amides is 2. The Morgan fingerprint density at radius 1 is 1.00 bits per heavy atom. The fourth-order valence-electron chi connectivity index (χ4n) is 3.48. The number of para-hydroxylation sites is 1. The molecule has 0 spiro atoms. The van der Waals surface area contributed by atoms with Gasteiger partial charge in [-0.05, 0) is 43.9 Å². The number of hydrogen-bond acceptors (Lipinski definition) is 4. The quantitative estimate of drug-likeness (QED) is 0.574. The van der Waals surface area contributed by atoms with Crippen LogP contribution in [0.5, 0.6) is 0 Å². The summed E-state index contributed by atoms with van der Waals surface area (Å²) in [6, 6.07) is 13.9. The summed E-state index contributed by atoms with van der Waals surface area (Å²) >= 11 is 0. The molecule has 0 aliphatic rings. The number of aryl methyl sites for hydroxylation is 2. The van der Waals surface area contributed by atoms with Gasteiger partial charge in [-0.15, -0.1) is 0 Å². The third-order valence-electron chi connectivity index (χ3n) is 5.35. The van der Waals surface area contributed by atoms with Crippen LogP contribution in [0.1, 0.15) is 37.5 Å². The minimum absolute atomic E-state index is 0.197. The highest BCUT2D eigenvalue weighted by Gasteiger charge is 2.30. The number of carbonyl (C=O) groups is 2. The van der Waals surface area contributed by atoms with E-state index < -0.39 is 28.5 Å². The molecule has 2 amide bonds. The van der Waals surface area contributed by atoms with Crippen molar-refractivity contribution in [2.75, 3.05) is 23.7 Å². The smallest absolute Gasteiger partial charge is 0.244 e. The zero-order valence-electron chi connectivity index (χ0n) is 20.3. The van der Waals surface area contributed by atoms with Gasteiger partial charge in [0.15, 0.2) is 0 Å². The zero-order chi connectivity index (χ0) is 24.8. The Kier molecular flexibility index (Phi) is 9.05. The Hall–Kier alpha value is -2.87. The molecule has 1 N–H and O–H groups in total. The summed E-state index contributed by atoms with van der Waals surface area (Å²) in [6.45, 7) is 9.71. The van der Waals surface area contributed by atoms with Gasteiger partial charge in [-0.1, -0.05) is 61.9 Å². The number of nitrogens with zero attached hydrogens (tertiary/aromatic N) is 2. The van der Waals surface area contributed by atoms with Crippen LogP contribution in [0.2, 0.25) is 0 Å². The van der Waals surface area contributed by atoms with E-state index >= 15 is 0 Å². The maximum absolute atomic E-state index is 13.5. The monoisotopic (exact) mass is 473 g/mol. The van der Waals surface area contributed by atoms with Gasteiger partial charge in [0, 0.05) is 13.1 Å². The first-order valence-electron chi connectivity index (χ1n) is 11.1. The fraction of sp³-hybridized carbons (Fsp3) is 0.440. The van der Waals surface area contributed by atoms with E-state index in [0.29, 0.717) is 12.2 Å². The van der Waals surface area contributed by atoms with Crippen LogP contribution in [-0.2, 0) is 26.2 Å². The van der Waals surface area contributed by atoms with E-state index in [-0.39, 0.29) is 18.4 Å². The number of carbonyl (C=O) groups excluding carboxylic acids is 2. The van der Waals surface area contributed by atoms with Crippen molar-refractivity contribution in [2.24, 2.45) is 5.92 Å². The molecule has 0 saturated heterocycles. The molecule has 2 aromatic carbocycles.